The van der Waals surface area contributed by atoms with Crippen LogP contribution in [0.3, 0.4) is 0 Å². The molecule has 1 saturated heterocycles. The molecule has 0 aliphatic carbocycles. The Morgan fingerprint density at radius 3 is 2.70 bits per heavy atom. The van der Waals surface area contributed by atoms with E-state index < -0.39 is 5.79 Å². The number of rotatable bonds is 4. The monoisotopic (exact) mass is 275 g/mol. The van der Waals surface area contributed by atoms with Gasteiger partial charge in [0, 0.05) is 12.1 Å². The second kappa shape index (κ2) is 5.54. The van der Waals surface area contributed by atoms with Gasteiger partial charge in [-0.2, -0.15) is 0 Å². The fourth-order valence-corrected chi connectivity index (χ4v) is 2.94. The topological polar surface area (TPSA) is 38.8 Å². The molecule has 1 aromatic carbocycles. The van der Waals surface area contributed by atoms with Crippen molar-refractivity contribution in [3.63, 3.8) is 0 Å². The number of carbonyl (C=O) groups is 1. The first-order valence-electron chi connectivity index (χ1n) is 7.49. The molecule has 20 heavy (non-hydrogen) atoms. The maximum Gasteiger partial charge on any atom is 0.292 e. The molecule has 0 atom stereocenters. The van der Waals surface area contributed by atoms with Crippen molar-refractivity contribution in [3.8, 4) is 0 Å². The third-order valence-corrected chi connectivity index (χ3v) is 3.96. The lowest BCUT2D eigenvalue weighted by molar-refractivity contribution is -0.256. The number of carbonyl (C=O) groups excluding carboxylic acids is 1. The van der Waals surface area contributed by atoms with Crippen molar-refractivity contribution in [2.24, 2.45) is 0 Å². The van der Waals surface area contributed by atoms with Gasteiger partial charge in [-0.1, -0.05) is 38.0 Å². The van der Waals surface area contributed by atoms with Crippen molar-refractivity contribution in [2.75, 3.05) is 24.7 Å². The Morgan fingerprint density at radius 1 is 1.20 bits per heavy atom. The average Bonchev–Trinajstić information content (AvgIpc) is 2.72. The molecule has 4 heteroatoms. The maximum atomic E-state index is 12.8. The number of amides is 1. The van der Waals surface area contributed by atoms with Crippen molar-refractivity contribution in [3.05, 3.63) is 29.8 Å². The van der Waals surface area contributed by atoms with E-state index in [1.165, 1.54) is 0 Å². The van der Waals surface area contributed by atoms with Gasteiger partial charge in [-0.05, 0) is 18.9 Å². The average molecular weight is 275 g/mol. The fourth-order valence-electron chi connectivity index (χ4n) is 2.94. The molecule has 0 aromatic heterocycles. The van der Waals surface area contributed by atoms with Gasteiger partial charge in [0.25, 0.3) is 11.7 Å². The second-order valence-electron chi connectivity index (χ2n) is 5.35. The fraction of sp³-hybridized carbons (Fsp3) is 0.562. The minimum absolute atomic E-state index is 0.0606. The summed E-state index contributed by atoms with van der Waals surface area (Å²) in [5, 5.41) is 0. The van der Waals surface area contributed by atoms with Gasteiger partial charge in [0.15, 0.2) is 0 Å². The Labute approximate surface area is 119 Å². The molecule has 1 amide bonds. The summed E-state index contributed by atoms with van der Waals surface area (Å²) in [6.07, 6.45) is 4.11. The standard InChI is InChI=1S/C16H21NO3/c1-2-3-6-10-17-14-9-5-4-8-13(14)16(15(17)18)19-11-7-12-20-16/h4-5,8-9H,2-3,6-7,10-12H2,1H3. The number of fused-ring (bicyclic) bond motifs is 2. The van der Waals surface area contributed by atoms with E-state index in [1.807, 2.05) is 29.2 Å². The summed E-state index contributed by atoms with van der Waals surface area (Å²) in [5.41, 5.74) is 1.80. The van der Waals surface area contributed by atoms with Crippen LogP contribution in [0.5, 0.6) is 0 Å². The van der Waals surface area contributed by atoms with Crippen molar-refractivity contribution >= 4 is 11.6 Å². The van der Waals surface area contributed by atoms with E-state index in [4.69, 9.17) is 9.47 Å². The van der Waals surface area contributed by atoms with Crippen molar-refractivity contribution in [2.45, 2.75) is 38.4 Å². The van der Waals surface area contributed by atoms with Crippen LogP contribution in [0.25, 0.3) is 0 Å². The number of ether oxygens (including phenoxy) is 2. The predicted octanol–water partition coefficient (Wildman–Crippen LogP) is 2.81. The number of nitrogens with zero attached hydrogens (tertiary/aromatic N) is 1. The van der Waals surface area contributed by atoms with Crippen molar-refractivity contribution in [1.82, 2.24) is 0 Å². The normalized spacial score (nSPS) is 20.4. The molecule has 2 aliphatic heterocycles. The van der Waals surface area contributed by atoms with E-state index in [0.717, 1.165) is 43.5 Å². The summed E-state index contributed by atoms with van der Waals surface area (Å²) in [6, 6.07) is 7.82. The SMILES string of the molecule is CCCCCN1C(=O)C2(OCCCO2)c2ccccc21. The molecule has 0 radical (unpaired) electrons. The minimum atomic E-state index is -1.18. The summed E-state index contributed by atoms with van der Waals surface area (Å²) in [6.45, 7) is 4.04. The molecule has 0 bridgehead atoms. The van der Waals surface area contributed by atoms with Gasteiger partial charge in [0.2, 0.25) is 0 Å². The zero-order valence-electron chi connectivity index (χ0n) is 11.9. The molecule has 0 N–H and O–H groups in total. The first kappa shape index (κ1) is 13.6. The Kier molecular flexibility index (Phi) is 3.76. The highest BCUT2D eigenvalue weighted by atomic mass is 16.7. The number of anilines is 1. The van der Waals surface area contributed by atoms with Crippen LogP contribution in [-0.4, -0.2) is 25.7 Å². The summed E-state index contributed by atoms with van der Waals surface area (Å²) < 4.78 is 11.6. The van der Waals surface area contributed by atoms with Gasteiger partial charge in [0.1, 0.15) is 0 Å². The quantitative estimate of drug-likeness (QED) is 0.793. The van der Waals surface area contributed by atoms with Gasteiger partial charge in [-0.25, -0.2) is 0 Å². The number of hydrogen-bond donors (Lipinski definition) is 0. The summed E-state index contributed by atoms with van der Waals surface area (Å²) >= 11 is 0. The maximum absolute atomic E-state index is 12.8. The van der Waals surface area contributed by atoms with E-state index in [1.54, 1.807) is 0 Å². The predicted molar refractivity (Wildman–Crippen MR) is 76.5 cm³/mol. The Hall–Kier alpha value is -1.39. The molecule has 1 aromatic rings. The van der Waals surface area contributed by atoms with Gasteiger partial charge >= 0.3 is 0 Å². The third-order valence-electron chi connectivity index (χ3n) is 3.96. The molecular weight excluding hydrogens is 254 g/mol. The molecule has 3 rings (SSSR count). The Balaban J connectivity index is 1.92. The van der Waals surface area contributed by atoms with Crippen molar-refractivity contribution < 1.29 is 14.3 Å². The van der Waals surface area contributed by atoms with Gasteiger partial charge in [-0.3, -0.25) is 4.79 Å². The van der Waals surface area contributed by atoms with Gasteiger partial charge in [-0.15, -0.1) is 0 Å². The van der Waals surface area contributed by atoms with Crippen LogP contribution in [-0.2, 0) is 20.1 Å². The molecule has 2 heterocycles. The van der Waals surface area contributed by atoms with Crippen LogP contribution >= 0.6 is 0 Å². The Bertz CT molecular complexity index is 494. The van der Waals surface area contributed by atoms with Crippen LogP contribution in [0.4, 0.5) is 5.69 Å². The van der Waals surface area contributed by atoms with E-state index in [0.29, 0.717) is 13.2 Å². The van der Waals surface area contributed by atoms with Crippen LogP contribution in [0.2, 0.25) is 0 Å². The van der Waals surface area contributed by atoms with Crippen LogP contribution in [0.1, 0.15) is 38.2 Å². The van der Waals surface area contributed by atoms with Gasteiger partial charge < -0.3 is 14.4 Å². The molecule has 0 saturated carbocycles. The third kappa shape index (κ3) is 2.03. The van der Waals surface area contributed by atoms with E-state index >= 15 is 0 Å². The zero-order valence-corrected chi connectivity index (χ0v) is 11.9. The number of hydrogen-bond acceptors (Lipinski definition) is 3. The lowest BCUT2D eigenvalue weighted by atomic mass is 10.1. The van der Waals surface area contributed by atoms with Crippen molar-refractivity contribution in [1.29, 1.82) is 0 Å². The first-order chi connectivity index (χ1) is 9.79. The molecule has 108 valence electrons. The smallest absolute Gasteiger partial charge is 0.292 e. The first-order valence-corrected chi connectivity index (χ1v) is 7.49. The number of para-hydroxylation sites is 1. The van der Waals surface area contributed by atoms with Gasteiger partial charge in [0.05, 0.1) is 18.9 Å². The molecule has 2 aliphatic rings. The second-order valence-corrected chi connectivity index (χ2v) is 5.35. The Morgan fingerprint density at radius 2 is 1.95 bits per heavy atom. The lowest BCUT2D eigenvalue weighted by Gasteiger charge is -2.32. The van der Waals surface area contributed by atoms with Crippen LogP contribution < -0.4 is 4.90 Å². The highest BCUT2D eigenvalue weighted by Gasteiger charge is 2.54. The number of benzene rings is 1. The zero-order chi connectivity index (χ0) is 14.0. The van der Waals surface area contributed by atoms with E-state index in [2.05, 4.69) is 6.92 Å². The molecule has 0 unspecified atom stereocenters. The lowest BCUT2D eigenvalue weighted by Crippen LogP contribution is -2.47. The number of unbranched alkanes of at least 4 members (excludes halogenated alkanes) is 2. The summed E-state index contributed by atoms with van der Waals surface area (Å²) in [7, 11) is 0. The van der Waals surface area contributed by atoms with Crippen LogP contribution in [0.15, 0.2) is 24.3 Å². The van der Waals surface area contributed by atoms with Crippen LogP contribution in [0, 0.1) is 0 Å². The highest BCUT2D eigenvalue weighted by Crippen LogP contribution is 2.45. The summed E-state index contributed by atoms with van der Waals surface area (Å²) in [4.78, 5) is 14.6. The molecule has 4 nitrogen and oxygen atoms in total. The molecule has 1 fully saturated rings. The minimum Gasteiger partial charge on any atom is -0.338 e. The largest absolute Gasteiger partial charge is 0.338 e. The van der Waals surface area contributed by atoms with E-state index in [9.17, 15) is 4.79 Å². The summed E-state index contributed by atoms with van der Waals surface area (Å²) in [5.74, 6) is -1.24. The molecular formula is C16H21NO3. The highest BCUT2D eigenvalue weighted by molar-refractivity contribution is 6.06. The molecule has 1 spiro atoms. The van der Waals surface area contributed by atoms with E-state index in [-0.39, 0.29) is 5.91 Å².